The maximum Gasteiger partial charge on any atom is 0.341 e. The van der Waals surface area contributed by atoms with Crippen LogP contribution in [0.2, 0.25) is 0 Å². The first-order chi connectivity index (χ1) is 14.8. The van der Waals surface area contributed by atoms with Crippen LogP contribution in [0.25, 0.3) is 0 Å². The predicted octanol–water partition coefficient (Wildman–Crippen LogP) is 3.26. The molecule has 1 aliphatic rings. The fourth-order valence-electron chi connectivity index (χ4n) is 3.71. The lowest BCUT2D eigenvalue weighted by molar-refractivity contribution is -0.122. The molecule has 1 amide bonds. The Bertz CT molecular complexity index is 1040. The molecule has 3 rings (SSSR count). The number of benzene rings is 2. The van der Waals surface area contributed by atoms with Crippen molar-refractivity contribution in [2.24, 2.45) is 0 Å². The number of para-hydroxylation sites is 1. The molecule has 0 heterocycles. The lowest BCUT2D eigenvalue weighted by Gasteiger charge is -2.34. The van der Waals surface area contributed by atoms with Gasteiger partial charge in [-0.25, -0.2) is 22.3 Å². The number of halogens is 1. The summed E-state index contributed by atoms with van der Waals surface area (Å²) in [4.78, 5) is 26.8. The van der Waals surface area contributed by atoms with E-state index in [0.717, 1.165) is 50.3 Å². The predicted molar refractivity (Wildman–Crippen MR) is 114 cm³/mol. The summed E-state index contributed by atoms with van der Waals surface area (Å²) in [5.74, 6) is -2.44. The summed E-state index contributed by atoms with van der Waals surface area (Å²) in [6.07, 6.45) is 4.85. The molecule has 0 aliphatic heterocycles. The second-order valence-electron chi connectivity index (χ2n) is 7.32. The summed E-state index contributed by atoms with van der Waals surface area (Å²) in [5.41, 5.74) is 0.164. The highest BCUT2D eigenvalue weighted by atomic mass is 32.2. The minimum Gasteiger partial charge on any atom is -0.452 e. The van der Waals surface area contributed by atoms with Crippen LogP contribution in [0.1, 0.15) is 42.5 Å². The number of hydrogen-bond donors (Lipinski definition) is 1. The molecule has 0 radical (unpaired) electrons. The Balaban J connectivity index is 1.76. The Morgan fingerprint density at radius 3 is 2.42 bits per heavy atom. The van der Waals surface area contributed by atoms with E-state index in [4.69, 9.17) is 4.74 Å². The van der Waals surface area contributed by atoms with Crippen LogP contribution < -0.4 is 9.62 Å². The van der Waals surface area contributed by atoms with Gasteiger partial charge in [0.1, 0.15) is 5.82 Å². The van der Waals surface area contributed by atoms with Gasteiger partial charge in [-0.15, -0.1) is 0 Å². The van der Waals surface area contributed by atoms with Crippen molar-refractivity contribution < 1.29 is 27.1 Å². The summed E-state index contributed by atoms with van der Waals surface area (Å²) >= 11 is 0. The van der Waals surface area contributed by atoms with E-state index >= 15 is 0 Å². The summed E-state index contributed by atoms with van der Waals surface area (Å²) in [5, 5.41) is 0. The van der Waals surface area contributed by atoms with E-state index in [9.17, 15) is 22.4 Å². The molecule has 0 saturated heterocycles. The molecule has 1 aliphatic carbocycles. The second kappa shape index (κ2) is 10.0. The highest BCUT2D eigenvalue weighted by molar-refractivity contribution is 7.89. The molecule has 0 atom stereocenters. The SMILES string of the molecule is CNS(=O)(=O)c1ccc(F)c(C(=O)OCC(=O)N(c2ccccc2)C2CCCCC2)c1. The van der Waals surface area contributed by atoms with Crippen molar-refractivity contribution >= 4 is 27.6 Å². The minimum atomic E-state index is -3.87. The summed E-state index contributed by atoms with van der Waals surface area (Å²) in [7, 11) is -2.66. The Hall–Kier alpha value is -2.78. The first-order valence-electron chi connectivity index (χ1n) is 10.1. The third-order valence-electron chi connectivity index (χ3n) is 5.31. The molecular formula is C22H25FN2O5S. The van der Waals surface area contributed by atoms with E-state index in [1.54, 1.807) is 4.90 Å². The number of nitrogens with one attached hydrogen (secondary N) is 1. The topological polar surface area (TPSA) is 92.8 Å². The zero-order chi connectivity index (χ0) is 22.4. The molecular weight excluding hydrogens is 423 g/mol. The molecule has 9 heteroatoms. The number of esters is 1. The highest BCUT2D eigenvalue weighted by Crippen LogP contribution is 2.27. The van der Waals surface area contributed by atoms with Crippen LogP contribution in [-0.4, -0.2) is 40.0 Å². The Kier molecular flexibility index (Phi) is 7.40. The normalized spacial score (nSPS) is 14.8. The quantitative estimate of drug-likeness (QED) is 0.657. The molecule has 0 spiro atoms. The molecule has 1 fully saturated rings. The zero-order valence-corrected chi connectivity index (χ0v) is 18.0. The van der Waals surface area contributed by atoms with E-state index in [1.165, 1.54) is 7.05 Å². The first-order valence-corrected chi connectivity index (χ1v) is 11.6. The number of anilines is 1. The fourth-order valence-corrected chi connectivity index (χ4v) is 4.46. The van der Waals surface area contributed by atoms with Crippen LogP contribution in [0.5, 0.6) is 0 Å². The van der Waals surface area contributed by atoms with E-state index in [2.05, 4.69) is 4.72 Å². The average Bonchev–Trinajstić information content (AvgIpc) is 2.79. The van der Waals surface area contributed by atoms with Gasteiger partial charge in [0, 0.05) is 11.7 Å². The lowest BCUT2D eigenvalue weighted by Crippen LogP contribution is -2.43. The number of amides is 1. The van der Waals surface area contributed by atoms with Gasteiger partial charge in [-0.1, -0.05) is 37.5 Å². The van der Waals surface area contributed by atoms with Gasteiger partial charge in [0.15, 0.2) is 6.61 Å². The molecule has 0 unspecified atom stereocenters. The lowest BCUT2D eigenvalue weighted by atomic mass is 9.93. The van der Waals surface area contributed by atoms with Crippen molar-refractivity contribution in [3.8, 4) is 0 Å². The maximum atomic E-state index is 14.1. The standard InChI is InChI=1S/C22H25FN2O5S/c1-24-31(28,29)18-12-13-20(23)19(14-18)22(27)30-15-21(26)25(16-8-4-2-5-9-16)17-10-6-3-7-11-17/h2,4-5,8-9,12-14,17,24H,3,6-7,10-11,15H2,1H3. The van der Waals surface area contributed by atoms with Crippen molar-refractivity contribution in [1.29, 1.82) is 0 Å². The molecule has 2 aromatic rings. The Labute approximate surface area is 181 Å². The average molecular weight is 449 g/mol. The molecule has 0 aromatic heterocycles. The van der Waals surface area contributed by atoms with E-state index in [0.29, 0.717) is 5.69 Å². The van der Waals surface area contributed by atoms with Crippen LogP contribution >= 0.6 is 0 Å². The van der Waals surface area contributed by atoms with Gasteiger partial charge >= 0.3 is 5.97 Å². The van der Waals surface area contributed by atoms with Crippen molar-refractivity contribution in [3.05, 3.63) is 59.9 Å². The first kappa shape index (κ1) is 22.9. The van der Waals surface area contributed by atoms with Gasteiger partial charge in [0.05, 0.1) is 10.5 Å². The smallest absolute Gasteiger partial charge is 0.341 e. The van der Waals surface area contributed by atoms with Crippen molar-refractivity contribution in [2.75, 3.05) is 18.6 Å². The second-order valence-corrected chi connectivity index (χ2v) is 9.20. The summed E-state index contributed by atoms with van der Waals surface area (Å²) < 4.78 is 45.2. The molecule has 166 valence electrons. The maximum absolute atomic E-state index is 14.1. The molecule has 2 aromatic carbocycles. The highest BCUT2D eigenvalue weighted by Gasteiger charge is 2.28. The fraction of sp³-hybridized carbons (Fsp3) is 0.364. The van der Waals surface area contributed by atoms with E-state index in [1.807, 2.05) is 30.3 Å². The van der Waals surface area contributed by atoms with Crippen molar-refractivity contribution in [2.45, 2.75) is 43.0 Å². The monoisotopic (exact) mass is 448 g/mol. The number of hydrogen-bond acceptors (Lipinski definition) is 5. The van der Waals surface area contributed by atoms with Gasteiger partial charge in [-0.05, 0) is 50.2 Å². The molecule has 1 saturated carbocycles. The third-order valence-corrected chi connectivity index (χ3v) is 6.72. The number of nitrogens with zero attached hydrogens (tertiary/aromatic N) is 1. The van der Waals surface area contributed by atoms with Crippen LogP contribution in [0, 0.1) is 5.82 Å². The summed E-state index contributed by atoms with van der Waals surface area (Å²) in [6.45, 7) is -0.577. The van der Waals surface area contributed by atoms with Crippen LogP contribution in [0.4, 0.5) is 10.1 Å². The van der Waals surface area contributed by atoms with Gasteiger partial charge in [0.25, 0.3) is 5.91 Å². The van der Waals surface area contributed by atoms with Gasteiger partial charge in [-0.3, -0.25) is 4.79 Å². The summed E-state index contributed by atoms with van der Waals surface area (Å²) in [6, 6.07) is 12.0. The number of sulfonamides is 1. The third kappa shape index (κ3) is 5.48. The van der Waals surface area contributed by atoms with Gasteiger partial charge < -0.3 is 9.64 Å². The number of carbonyl (C=O) groups is 2. The van der Waals surface area contributed by atoms with E-state index in [-0.39, 0.29) is 10.9 Å². The van der Waals surface area contributed by atoms with Crippen LogP contribution in [0.3, 0.4) is 0 Å². The van der Waals surface area contributed by atoms with Crippen molar-refractivity contribution in [3.63, 3.8) is 0 Å². The van der Waals surface area contributed by atoms with Gasteiger partial charge in [0.2, 0.25) is 10.0 Å². The Morgan fingerprint density at radius 2 is 1.77 bits per heavy atom. The van der Waals surface area contributed by atoms with Crippen molar-refractivity contribution in [1.82, 2.24) is 4.72 Å². The molecule has 7 nitrogen and oxygen atoms in total. The molecule has 0 bridgehead atoms. The van der Waals surface area contributed by atoms with E-state index < -0.39 is 39.9 Å². The Morgan fingerprint density at radius 1 is 1.10 bits per heavy atom. The molecule has 31 heavy (non-hydrogen) atoms. The zero-order valence-electron chi connectivity index (χ0n) is 17.2. The number of carbonyl (C=O) groups excluding carboxylic acids is 2. The number of ether oxygens (including phenoxy) is 1. The van der Waals surface area contributed by atoms with Gasteiger partial charge in [-0.2, -0.15) is 0 Å². The van der Waals surface area contributed by atoms with Crippen LogP contribution in [0.15, 0.2) is 53.4 Å². The van der Waals surface area contributed by atoms with Crippen LogP contribution in [-0.2, 0) is 19.6 Å². The number of rotatable bonds is 7. The minimum absolute atomic E-state index is 0.00295. The molecule has 1 N–H and O–H groups in total. The largest absolute Gasteiger partial charge is 0.452 e.